The second-order valence-corrected chi connectivity index (χ2v) is 9.59. The minimum Gasteiger partial charge on any atom is -0.543 e. The Hall–Kier alpha value is -1.72. The van der Waals surface area contributed by atoms with Crippen molar-refractivity contribution in [2.24, 2.45) is 0 Å². The molecule has 17 nitrogen and oxygen atoms in total. The third-order valence-electron chi connectivity index (χ3n) is 4.13. The van der Waals surface area contributed by atoms with Gasteiger partial charge in [0.15, 0.2) is 4.34 Å². The number of aryl methyl sites for hydroxylation is 1. The fourth-order valence-electron chi connectivity index (χ4n) is 2.89. The zero-order chi connectivity index (χ0) is 20.5. The van der Waals surface area contributed by atoms with E-state index in [9.17, 15) is 19.5 Å². The van der Waals surface area contributed by atoms with Crippen LogP contribution in [0.4, 0.5) is 0 Å². The van der Waals surface area contributed by atoms with Crippen molar-refractivity contribution in [1.29, 1.82) is 0 Å². The van der Waals surface area contributed by atoms with Gasteiger partial charge in [0.2, 0.25) is 5.91 Å². The fourth-order valence-corrected chi connectivity index (χ4v) is 6.19. The molecule has 4 heterocycles. The third kappa shape index (κ3) is 8.15. The van der Waals surface area contributed by atoms with Crippen LogP contribution in [0.5, 0.6) is 0 Å². The summed E-state index contributed by atoms with van der Waals surface area (Å²) < 4.78 is 1.95. The number of aliphatic carboxylic acids is 1. The Morgan fingerprint density at radius 1 is 1.23 bits per heavy atom. The van der Waals surface area contributed by atoms with Crippen LogP contribution in [0.2, 0.25) is 0 Å². The molecule has 2 aromatic heterocycles. The Morgan fingerprint density at radius 2 is 1.91 bits per heavy atom. The molecule has 2 atom stereocenters. The first-order chi connectivity index (χ1) is 13.9. The maximum Gasteiger partial charge on any atom is 1.00 e. The Bertz CT molecular complexity index is 1010. The summed E-state index contributed by atoms with van der Waals surface area (Å²) in [6, 6.07) is -0.807. The predicted octanol–water partition coefficient (Wildman–Crippen LogP) is -9.09. The molecule has 2 aliphatic rings. The van der Waals surface area contributed by atoms with Crippen molar-refractivity contribution < 1.29 is 76.4 Å². The van der Waals surface area contributed by atoms with Crippen molar-refractivity contribution in [2.75, 3.05) is 11.5 Å². The molecule has 0 spiro atoms. The van der Waals surface area contributed by atoms with Crippen LogP contribution in [0.1, 0.15) is 5.01 Å². The summed E-state index contributed by atoms with van der Waals surface area (Å²) in [6.07, 6.45) is 1.28. The van der Waals surface area contributed by atoms with E-state index in [1.807, 2.05) is 6.92 Å². The average Bonchev–Trinajstić information content (AvgIpc) is 3.35. The molecule has 2 aromatic rings. The number of carboxylic acid groups (broad SMARTS) is 1. The van der Waals surface area contributed by atoms with Crippen molar-refractivity contribution in [3.8, 4) is 0 Å². The number of hydrogen-bond donors (Lipinski definition) is 1. The molecule has 4 rings (SSSR count). The van der Waals surface area contributed by atoms with Gasteiger partial charge in [0.05, 0.1) is 11.7 Å². The van der Waals surface area contributed by atoms with Crippen LogP contribution >= 0.6 is 34.9 Å². The molecule has 0 aliphatic carbocycles. The molecule has 11 N–H and O–H groups in total. The zero-order valence-corrected chi connectivity index (χ0v) is 22.8. The van der Waals surface area contributed by atoms with Crippen LogP contribution in [0.15, 0.2) is 21.9 Å². The van der Waals surface area contributed by atoms with E-state index in [4.69, 9.17) is 0 Å². The molecule has 21 heteroatoms. The summed E-state index contributed by atoms with van der Waals surface area (Å²) in [5.74, 6) is -1.57. The number of nitrogens with one attached hydrogen (secondary N) is 1. The smallest absolute Gasteiger partial charge is 0.543 e. The van der Waals surface area contributed by atoms with Gasteiger partial charge in [0.1, 0.15) is 29.3 Å². The fraction of sp³-hybridized carbons (Fsp3) is 0.429. The molecule has 1 fully saturated rings. The van der Waals surface area contributed by atoms with Gasteiger partial charge in [-0.1, -0.05) is 23.1 Å². The standard InChI is InChI=1S/C14H14N8O4S3.Na.5H2O/c1-6-17-18-14(29-6)28-4-7-3-27-12-9(11(24)22(12)10(7)13(25)26)16-8(23)2-21-5-15-19-20-21;;;;;;/h5,9,12H,2-4H2,1H3,(H,16,23)(H,25,26);;5*1H2/q;+1;;;;;/p-1/t9-,12-;;;;;;/m1....../s1. The number of hydrogen-bond acceptors (Lipinski definition) is 12. The minimum absolute atomic E-state index is 0. The summed E-state index contributed by atoms with van der Waals surface area (Å²) in [5, 5.41) is 33.1. The van der Waals surface area contributed by atoms with Gasteiger partial charge >= 0.3 is 29.6 Å². The largest absolute Gasteiger partial charge is 1.00 e. The van der Waals surface area contributed by atoms with Gasteiger partial charge in [-0.25, -0.2) is 4.68 Å². The molecule has 0 saturated carbocycles. The average molecular weight is 567 g/mol. The molecule has 1 saturated heterocycles. The van der Waals surface area contributed by atoms with Crippen molar-refractivity contribution in [2.45, 2.75) is 29.2 Å². The molecule has 2 amide bonds. The molecular weight excluding hydrogens is 543 g/mol. The number of tetrazole rings is 1. The summed E-state index contributed by atoms with van der Waals surface area (Å²) in [4.78, 5) is 37.6. The van der Waals surface area contributed by atoms with E-state index in [2.05, 4.69) is 31.0 Å². The van der Waals surface area contributed by atoms with E-state index in [1.54, 1.807) is 0 Å². The minimum atomic E-state index is -1.41. The summed E-state index contributed by atoms with van der Waals surface area (Å²) in [6.45, 7) is 1.70. The van der Waals surface area contributed by atoms with Crippen LogP contribution in [0, 0.1) is 6.92 Å². The Kier molecular flexibility index (Phi) is 17.4. The summed E-state index contributed by atoms with van der Waals surface area (Å²) in [7, 11) is 0. The Balaban J connectivity index is -0.00000171. The quantitative estimate of drug-likeness (QED) is 0.186. The zero-order valence-electron chi connectivity index (χ0n) is 18.3. The number of β-lactam (4-membered cyclic amide) rings is 1. The summed E-state index contributed by atoms with van der Waals surface area (Å²) in [5.41, 5.74) is 0.453. The SMILES string of the molecule is Cc1nnc(SCC2=C(C(=O)[O-])N3C(=O)[C@@H](NC(=O)Cn4cnnn4)[C@H]3SC2)s1.O.O.O.O.O.[Na+]. The van der Waals surface area contributed by atoms with Gasteiger partial charge in [-0.05, 0) is 22.9 Å². The third-order valence-corrected chi connectivity index (χ3v) is 7.53. The number of fused-ring (bicyclic) bond motifs is 1. The molecule has 0 unspecified atom stereocenters. The van der Waals surface area contributed by atoms with Gasteiger partial charge in [0, 0.05) is 11.5 Å². The Labute approximate surface area is 231 Å². The number of rotatable bonds is 7. The number of nitrogens with zero attached hydrogens (tertiary/aromatic N) is 7. The van der Waals surface area contributed by atoms with Crippen LogP contribution in [-0.2, 0) is 20.9 Å². The van der Waals surface area contributed by atoms with Gasteiger partial charge in [-0.3, -0.25) is 14.5 Å². The maximum absolute atomic E-state index is 12.6. The Morgan fingerprint density at radius 3 is 2.46 bits per heavy atom. The van der Waals surface area contributed by atoms with Gasteiger partial charge < -0.3 is 42.6 Å². The molecular formula is C14H23N8NaO9S3. The maximum atomic E-state index is 12.6. The molecule has 0 radical (unpaired) electrons. The van der Waals surface area contributed by atoms with E-state index in [1.165, 1.54) is 50.8 Å². The molecule has 0 bridgehead atoms. The van der Waals surface area contributed by atoms with Crippen molar-refractivity contribution in [3.63, 3.8) is 0 Å². The van der Waals surface area contributed by atoms with Crippen LogP contribution < -0.4 is 40.0 Å². The topological polar surface area (TPSA) is 316 Å². The second-order valence-electron chi connectivity index (χ2n) is 6.08. The van der Waals surface area contributed by atoms with E-state index < -0.39 is 29.2 Å². The van der Waals surface area contributed by atoms with Crippen LogP contribution in [-0.4, -0.2) is 103 Å². The van der Waals surface area contributed by atoms with Gasteiger partial charge in [-0.15, -0.1) is 27.1 Å². The van der Waals surface area contributed by atoms with Crippen LogP contribution in [0.3, 0.4) is 0 Å². The number of amides is 2. The van der Waals surface area contributed by atoms with E-state index in [0.717, 1.165) is 9.35 Å². The number of aromatic nitrogens is 6. The summed E-state index contributed by atoms with van der Waals surface area (Å²) >= 11 is 4.17. The normalized spacial score (nSPS) is 17.4. The molecule has 35 heavy (non-hydrogen) atoms. The number of thioether (sulfide) groups is 2. The number of carbonyl (C=O) groups is 3. The van der Waals surface area contributed by atoms with Crippen LogP contribution in [0.25, 0.3) is 0 Å². The van der Waals surface area contributed by atoms with Gasteiger partial charge in [-0.2, -0.15) is 0 Å². The predicted molar refractivity (Wildman–Crippen MR) is 118 cm³/mol. The molecule has 192 valence electrons. The number of carbonyl (C=O) groups excluding carboxylic acids is 3. The first-order valence-corrected chi connectivity index (χ1v) is 11.1. The van der Waals surface area contributed by atoms with E-state index in [0.29, 0.717) is 17.1 Å². The number of carboxylic acids is 1. The molecule has 2 aliphatic heterocycles. The van der Waals surface area contributed by atoms with E-state index >= 15 is 0 Å². The van der Waals surface area contributed by atoms with Crippen molar-refractivity contribution >= 4 is 52.6 Å². The van der Waals surface area contributed by atoms with E-state index in [-0.39, 0.29) is 69.2 Å². The first kappa shape index (κ1) is 37.8. The second kappa shape index (κ2) is 16.1. The van der Waals surface area contributed by atoms with Gasteiger partial charge in [0.25, 0.3) is 5.91 Å². The molecule has 0 aromatic carbocycles. The monoisotopic (exact) mass is 566 g/mol. The first-order valence-electron chi connectivity index (χ1n) is 8.25. The van der Waals surface area contributed by atoms with Crippen molar-refractivity contribution in [1.82, 2.24) is 40.6 Å². The van der Waals surface area contributed by atoms with Crippen molar-refractivity contribution in [3.05, 3.63) is 22.6 Å².